The number of carbonyl (C=O) groups excluding carboxylic acids is 1. The minimum Gasteiger partial charge on any atom is -0.495 e. The van der Waals surface area contributed by atoms with Crippen molar-refractivity contribution in [1.82, 2.24) is 19.3 Å². The van der Waals surface area contributed by atoms with E-state index in [2.05, 4.69) is 15.4 Å². The van der Waals surface area contributed by atoms with Crippen LogP contribution in [-0.2, 0) is 18.4 Å². The highest BCUT2D eigenvalue weighted by Crippen LogP contribution is 2.28. The third-order valence-electron chi connectivity index (χ3n) is 4.02. The number of ether oxygens (including phenoxy) is 1. The van der Waals surface area contributed by atoms with Gasteiger partial charge in [-0.1, -0.05) is 37.2 Å². The summed E-state index contributed by atoms with van der Waals surface area (Å²) in [5.74, 6) is 0.567. The molecule has 1 aromatic carbocycles. The highest BCUT2D eigenvalue weighted by molar-refractivity contribution is 7.99. The maximum atomic E-state index is 12.9. The number of aryl methyl sites for hydroxylation is 1. The molecule has 0 aliphatic heterocycles. The monoisotopic (exact) mass is 435 g/mol. The number of rotatable bonds is 7. The SMILES string of the molecule is COc1ccc(Cl)cc1NC(=O)CSc1nc2cn(C)nc2c(=O)n1CC(C)C. The fraction of sp³-hybridized carbons (Fsp3) is 0.368. The molecule has 0 bridgehead atoms. The molecule has 0 unspecified atom stereocenters. The van der Waals surface area contributed by atoms with Crippen LogP contribution in [0.3, 0.4) is 0 Å². The molecule has 0 radical (unpaired) electrons. The Morgan fingerprint density at radius 1 is 1.38 bits per heavy atom. The zero-order valence-electron chi connectivity index (χ0n) is 16.6. The van der Waals surface area contributed by atoms with Gasteiger partial charge in [-0.05, 0) is 24.1 Å². The highest BCUT2D eigenvalue weighted by atomic mass is 35.5. The molecule has 1 N–H and O–H groups in total. The van der Waals surface area contributed by atoms with Crippen molar-refractivity contribution >= 4 is 46.0 Å². The first-order chi connectivity index (χ1) is 13.8. The largest absolute Gasteiger partial charge is 0.495 e. The zero-order valence-corrected chi connectivity index (χ0v) is 18.2. The maximum Gasteiger partial charge on any atom is 0.282 e. The molecule has 0 atom stereocenters. The average molecular weight is 436 g/mol. The number of nitrogens with one attached hydrogen (secondary N) is 1. The lowest BCUT2D eigenvalue weighted by Gasteiger charge is -2.14. The standard InChI is InChI=1S/C19H22ClN5O3S/c1-11(2)8-25-18(27)17-14(9-24(3)23-17)22-19(25)29-10-16(26)21-13-7-12(20)5-6-15(13)28-4/h5-7,9,11H,8,10H2,1-4H3,(H,21,26). The Morgan fingerprint density at radius 2 is 2.14 bits per heavy atom. The quantitative estimate of drug-likeness (QED) is 0.452. The summed E-state index contributed by atoms with van der Waals surface area (Å²) in [6.45, 7) is 4.52. The lowest BCUT2D eigenvalue weighted by atomic mass is 10.2. The summed E-state index contributed by atoms with van der Waals surface area (Å²) < 4.78 is 8.39. The molecule has 2 aromatic heterocycles. The van der Waals surface area contributed by atoms with Crippen LogP contribution < -0.4 is 15.6 Å². The van der Waals surface area contributed by atoms with E-state index in [0.717, 1.165) is 0 Å². The van der Waals surface area contributed by atoms with Crippen LogP contribution in [0, 0.1) is 5.92 Å². The second-order valence-electron chi connectivity index (χ2n) is 6.92. The number of fused-ring (bicyclic) bond motifs is 1. The summed E-state index contributed by atoms with van der Waals surface area (Å²) >= 11 is 7.21. The normalized spacial score (nSPS) is 11.2. The van der Waals surface area contributed by atoms with E-state index in [0.29, 0.717) is 39.2 Å². The first-order valence-corrected chi connectivity index (χ1v) is 10.3. The molecule has 0 saturated carbocycles. The van der Waals surface area contributed by atoms with Gasteiger partial charge in [0.25, 0.3) is 5.56 Å². The van der Waals surface area contributed by atoms with Crippen molar-refractivity contribution in [2.45, 2.75) is 25.5 Å². The topological polar surface area (TPSA) is 91.0 Å². The Bertz CT molecular complexity index is 1110. The van der Waals surface area contributed by atoms with Gasteiger partial charge in [-0.3, -0.25) is 18.8 Å². The van der Waals surface area contributed by atoms with Gasteiger partial charge in [0.1, 0.15) is 11.3 Å². The predicted molar refractivity (Wildman–Crippen MR) is 115 cm³/mol. The van der Waals surface area contributed by atoms with Gasteiger partial charge >= 0.3 is 0 Å². The first kappa shape index (κ1) is 21.2. The molecule has 154 valence electrons. The number of thioether (sulfide) groups is 1. The van der Waals surface area contributed by atoms with E-state index in [1.807, 2.05) is 13.8 Å². The van der Waals surface area contributed by atoms with Gasteiger partial charge in [0.2, 0.25) is 5.91 Å². The number of amides is 1. The van der Waals surface area contributed by atoms with Crippen molar-refractivity contribution in [3.05, 3.63) is 39.8 Å². The number of methoxy groups -OCH3 is 1. The van der Waals surface area contributed by atoms with E-state index in [9.17, 15) is 9.59 Å². The van der Waals surface area contributed by atoms with Crippen LogP contribution in [0.5, 0.6) is 5.75 Å². The molecular weight excluding hydrogens is 414 g/mol. The summed E-state index contributed by atoms with van der Waals surface area (Å²) in [4.78, 5) is 29.9. The Morgan fingerprint density at radius 3 is 2.83 bits per heavy atom. The smallest absolute Gasteiger partial charge is 0.282 e. The Balaban J connectivity index is 1.83. The van der Waals surface area contributed by atoms with Crippen molar-refractivity contribution in [3.8, 4) is 5.75 Å². The molecular formula is C19H22ClN5O3S. The Hall–Kier alpha value is -2.52. The Kier molecular flexibility index (Phi) is 6.49. The molecule has 10 heteroatoms. The van der Waals surface area contributed by atoms with Gasteiger partial charge in [0, 0.05) is 18.6 Å². The number of benzene rings is 1. The van der Waals surface area contributed by atoms with Crippen LogP contribution in [0.2, 0.25) is 5.02 Å². The van der Waals surface area contributed by atoms with Gasteiger partial charge < -0.3 is 10.1 Å². The minimum absolute atomic E-state index is 0.0754. The molecule has 1 amide bonds. The second kappa shape index (κ2) is 8.87. The molecule has 0 spiro atoms. The highest BCUT2D eigenvalue weighted by Gasteiger charge is 2.17. The summed E-state index contributed by atoms with van der Waals surface area (Å²) in [7, 11) is 3.26. The van der Waals surface area contributed by atoms with E-state index >= 15 is 0 Å². The van der Waals surface area contributed by atoms with E-state index in [-0.39, 0.29) is 23.1 Å². The molecule has 8 nitrogen and oxygen atoms in total. The first-order valence-electron chi connectivity index (χ1n) is 8.99. The van der Waals surface area contributed by atoms with Crippen molar-refractivity contribution in [3.63, 3.8) is 0 Å². The maximum absolute atomic E-state index is 12.9. The zero-order chi connectivity index (χ0) is 21.1. The summed E-state index contributed by atoms with van der Waals surface area (Å²) in [5.41, 5.74) is 1.12. The molecule has 3 aromatic rings. The number of aromatic nitrogens is 4. The van der Waals surface area contributed by atoms with Crippen molar-refractivity contribution in [2.75, 3.05) is 18.2 Å². The van der Waals surface area contributed by atoms with Gasteiger partial charge in [-0.2, -0.15) is 5.10 Å². The molecule has 2 heterocycles. The molecule has 3 rings (SSSR count). The van der Waals surface area contributed by atoms with E-state index in [1.54, 1.807) is 40.7 Å². The summed E-state index contributed by atoms with van der Waals surface area (Å²) in [6, 6.07) is 4.99. The molecule has 29 heavy (non-hydrogen) atoms. The van der Waals surface area contributed by atoms with Crippen LogP contribution in [-0.4, -0.2) is 38.1 Å². The molecule has 0 aliphatic carbocycles. The van der Waals surface area contributed by atoms with Crippen LogP contribution in [0.1, 0.15) is 13.8 Å². The fourth-order valence-electron chi connectivity index (χ4n) is 2.82. The van der Waals surface area contributed by atoms with E-state index < -0.39 is 0 Å². The van der Waals surface area contributed by atoms with Crippen LogP contribution in [0.4, 0.5) is 5.69 Å². The van der Waals surface area contributed by atoms with Crippen molar-refractivity contribution in [2.24, 2.45) is 13.0 Å². The van der Waals surface area contributed by atoms with Crippen molar-refractivity contribution in [1.29, 1.82) is 0 Å². The molecule has 0 aliphatic rings. The minimum atomic E-state index is -0.257. The van der Waals surface area contributed by atoms with Gasteiger partial charge in [0.15, 0.2) is 10.7 Å². The van der Waals surface area contributed by atoms with E-state index in [4.69, 9.17) is 16.3 Å². The second-order valence-corrected chi connectivity index (χ2v) is 8.30. The number of hydrogen-bond donors (Lipinski definition) is 1. The molecule has 0 fully saturated rings. The molecule has 0 saturated heterocycles. The predicted octanol–water partition coefficient (Wildman–Crippen LogP) is 3.18. The van der Waals surface area contributed by atoms with E-state index in [1.165, 1.54) is 18.9 Å². The number of anilines is 1. The number of hydrogen-bond acceptors (Lipinski definition) is 6. The fourth-order valence-corrected chi connectivity index (χ4v) is 3.80. The lowest BCUT2D eigenvalue weighted by molar-refractivity contribution is -0.113. The number of nitrogens with zero attached hydrogens (tertiary/aromatic N) is 4. The van der Waals surface area contributed by atoms with Crippen LogP contribution in [0.15, 0.2) is 34.3 Å². The van der Waals surface area contributed by atoms with Gasteiger partial charge in [-0.15, -0.1) is 0 Å². The average Bonchev–Trinajstić information content (AvgIpc) is 3.03. The number of halogens is 1. The van der Waals surface area contributed by atoms with Crippen molar-refractivity contribution < 1.29 is 9.53 Å². The summed E-state index contributed by atoms with van der Waals surface area (Å²) in [5, 5.41) is 7.97. The van der Waals surface area contributed by atoms with Gasteiger partial charge in [0.05, 0.1) is 24.7 Å². The van der Waals surface area contributed by atoms with Crippen LogP contribution >= 0.6 is 23.4 Å². The Labute approximate surface area is 177 Å². The summed E-state index contributed by atoms with van der Waals surface area (Å²) in [6.07, 6.45) is 1.69. The lowest BCUT2D eigenvalue weighted by Crippen LogP contribution is -2.26. The third-order valence-corrected chi connectivity index (χ3v) is 5.23. The van der Waals surface area contributed by atoms with Crippen LogP contribution in [0.25, 0.3) is 11.0 Å². The number of carbonyl (C=O) groups is 1. The third kappa shape index (κ3) is 4.91. The van der Waals surface area contributed by atoms with Gasteiger partial charge in [-0.25, -0.2) is 4.98 Å².